The Kier molecular flexibility index (Phi) is 4.97. The van der Waals surface area contributed by atoms with Crippen molar-refractivity contribution in [3.8, 4) is 0 Å². The van der Waals surface area contributed by atoms with Crippen molar-refractivity contribution >= 4 is 17.4 Å². The van der Waals surface area contributed by atoms with Gasteiger partial charge in [0.05, 0.1) is 11.5 Å². The first-order chi connectivity index (χ1) is 12.8. The van der Waals surface area contributed by atoms with Crippen LogP contribution in [-0.2, 0) is 11.3 Å². The summed E-state index contributed by atoms with van der Waals surface area (Å²) in [6.45, 7) is 3.30. The van der Waals surface area contributed by atoms with Crippen LogP contribution in [0, 0.1) is 22.9 Å². The van der Waals surface area contributed by atoms with Gasteiger partial charge >= 0.3 is 5.69 Å². The van der Waals surface area contributed by atoms with Crippen LogP contribution in [-0.4, -0.2) is 30.4 Å². The van der Waals surface area contributed by atoms with Crippen LogP contribution in [0.4, 0.5) is 15.9 Å². The van der Waals surface area contributed by atoms with Gasteiger partial charge in [0.1, 0.15) is 23.7 Å². The number of hydrogen-bond donors (Lipinski definition) is 1. The summed E-state index contributed by atoms with van der Waals surface area (Å²) in [5.74, 6) is -0.465. The van der Waals surface area contributed by atoms with Gasteiger partial charge in [-0.05, 0) is 19.9 Å². The van der Waals surface area contributed by atoms with Crippen molar-refractivity contribution in [1.82, 2.24) is 19.6 Å². The molecule has 9 nitrogen and oxygen atoms in total. The molecule has 27 heavy (non-hydrogen) atoms. The number of halogens is 1. The molecule has 1 aromatic carbocycles. The molecule has 0 aliphatic carbocycles. The first-order valence-electron chi connectivity index (χ1n) is 8.13. The Bertz CT molecular complexity index is 996. The third-order valence-electron chi connectivity index (χ3n) is 4.05. The van der Waals surface area contributed by atoms with E-state index in [0.29, 0.717) is 11.4 Å². The van der Waals surface area contributed by atoms with E-state index in [9.17, 15) is 19.3 Å². The fraction of sp³-hybridized carbons (Fsp3) is 0.235. The predicted molar refractivity (Wildman–Crippen MR) is 94.7 cm³/mol. The highest BCUT2D eigenvalue weighted by Gasteiger charge is 2.22. The number of anilines is 1. The molecule has 0 fully saturated rings. The Balaban J connectivity index is 1.68. The minimum absolute atomic E-state index is 0.149. The molecule has 2 aromatic heterocycles. The van der Waals surface area contributed by atoms with E-state index in [1.165, 1.54) is 28.6 Å². The van der Waals surface area contributed by atoms with Crippen LogP contribution in [0.2, 0.25) is 0 Å². The summed E-state index contributed by atoms with van der Waals surface area (Å²) in [6, 6.07) is 7.18. The van der Waals surface area contributed by atoms with E-state index >= 15 is 0 Å². The molecular weight excluding hydrogens is 355 g/mol. The zero-order valence-electron chi connectivity index (χ0n) is 14.7. The van der Waals surface area contributed by atoms with Gasteiger partial charge in [-0.15, -0.1) is 0 Å². The molecule has 2 heterocycles. The Morgan fingerprint density at radius 2 is 2.07 bits per heavy atom. The van der Waals surface area contributed by atoms with Gasteiger partial charge in [-0.3, -0.25) is 24.3 Å². The summed E-state index contributed by atoms with van der Waals surface area (Å²) in [6.07, 6.45) is 2.84. The third-order valence-corrected chi connectivity index (χ3v) is 4.05. The maximum Gasteiger partial charge on any atom is 0.309 e. The zero-order valence-corrected chi connectivity index (χ0v) is 14.7. The second-order valence-corrected chi connectivity index (χ2v) is 5.99. The minimum atomic E-state index is -0.769. The predicted octanol–water partition coefficient (Wildman–Crippen LogP) is 2.68. The first-order valence-corrected chi connectivity index (χ1v) is 8.13. The molecule has 0 spiro atoms. The lowest BCUT2D eigenvalue weighted by Gasteiger charge is -2.10. The first kappa shape index (κ1) is 18.2. The summed E-state index contributed by atoms with van der Waals surface area (Å²) in [5.41, 5.74) is 0.559. The van der Waals surface area contributed by atoms with Gasteiger partial charge in [0.15, 0.2) is 5.82 Å². The lowest BCUT2D eigenvalue weighted by atomic mass is 10.2. The number of nitrogens with one attached hydrogen (secondary N) is 1. The fourth-order valence-electron chi connectivity index (χ4n) is 2.52. The molecule has 0 aliphatic heterocycles. The normalized spacial score (nSPS) is 12.0. The van der Waals surface area contributed by atoms with Gasteiger partial charge in [-0.1, -0.05) is 18.2 Å². The lowest BCUT2D eigenvalue weighted by Crippen LogP contribution is -2.24. The van der Waals surface area contributed by atoms with Gasteiger partial charge in [0, 0.05) is 17.8 Å². The molecule has 140 valence electrons. The third kappa shape index (κ3) is 4.00. The molecule has 3 rings (SSSR count). The molecule has 1 N–H and O–H groups in total. The molecule has 3 aromatic rings. The van der Waals surface area contributed by atoms with Gasteiger partial charge in [0.25, 0.3) is 0 Å². The molecule has 0 aliphatic rings. The number of carbonyl (C=O) groups is 1. The second kappa shape index (κ2) is 7.36. The molecule has 1 amide bonds. The number of aromatic nitrogens is 4. The van der Waals surface area contributed by atoms with E-state index in [0.717, 1.165) is 0 Å². The number of aryl methyl sites for hydroxylation is 1. The number of amides is 1. The quantitative estimate of drug-likeness (QED) is 0.529. The topological polar surface area (TPSA) is 108 Å². The monoisotopic (exact) mass is 372 g/mol. The van der Waals surface area contributed by atoms with Crippen LogP contribution >= 0.6 is 0 Å². The highest BCUT2D eigenvalue weighted by Crippen LogP contribution is 2.19. The van der Waals surface area contributed by atoms with Gasteiger partial charge < -0.3 is 5.32 Å². The van der Waals surface area contributed by atoms with Crippen molar-refractivity contribution in [3.63, 3.8) is 0 Å². The lowest BCUT2D eigenvalue weighted by molar-refractivity contribution is -0.385. The van der Waals surface area contributed by atoms with Crippen LogP contribution in [0.15, 0.2) is 42.7 Å². The van der Waals surface area contributed by atoms with E-state index in [1.807, 2.05) is 0 Å². The largest absolute Gasteiger partial charge is 0.309 e. The smallest absolute Gasteiger partial charge is 0.307 e. The number of hydrogen-bond acceptors (Lipinski definition) is 5. The van der Waals surface area contributed by atoms with Crippen molar-refractivity contribution in [2.24, 2.45) is 0 Å². The number of carbonyl (C=O) groups excluding carboxylic acids is 1. The van der Waals surface area contributed by atoms with Gasteiger partial charge in [-0.2, -0.15) is 10.2 Å². The molecule has 1 atom stereocenters. The number of rotatable bonds is 6. The standard InChI is InChI=1S/C17H17FN6O3/c1-11-15(24(26)27)10-23(20-11)12(2)17(25)19-16-7-8-22(21-16)9-13-5-3-4-6-14(13)18/h3-8,10,12H,9H2,1-2H3,(H,19,21,25). The van der Waals surface area contributed by atoms with Crippen LogP contribution in [0.3, 0.4) is 0 Å². The highest BCUT2D eigenvalue weighted by molar-refractivity contribution is 5.92. The molecular formula is C17H17FN6O3. The van der Waals surface area contributed by atoms with Gasteiger partial charge in [0.2, 0.25) is 5.91 Å². The Labute approximate surface area is 153 Å². The minimum Gasteiger partial charge on any atom is -0.307 e. The van der Waals surface area contributed by atoms with Crippen molar-refractivity contribution < 1.29 is 14.1 Å². The summed E-state index contributed by atoms with van der Waals surface area (Å²) in [7, 11) is 0. The number of nitrogens with zero attached hydrogens (tertiary/aromatic N) is 5. The second-order valence-electron chi connectivity index (χ2n) is 5.99. The Morgan fingerprint density at radius 1 is 1.33 bits per heavy atom. The van der Waals surface area contributed by atoms with E-state index in [-0.39, 0.29) is 23.7 Å². The van der Waals surface area contributed by atoms with Crippen LogP contribution in [0.25, 0.3) is 0 Å². The summed E-state index contributed by atoms with van der Waals surface area (Å²) in [5, 5.41) is 21.7. The van der Waals surface area contributed by atoms with Crippen LogP contribution in [0.1, 0.15) is 24.2 Å². The van der Waals surface area contributed by atoms with Crippen molar-refractivity contribution in [2.45, 2.75) is 26.4 Å². The average Bonchev–Trinajstić information content (AvgIpc) is 3.22. The highest BCUT2D eigenvalue weighted by atomic mass is 19.1. The zero-order chi connectivity index (χ0) is 19.6. The van der Waals surface area contributed by atoms with E-state index in [1.54, 1.807) is 37.4 Å². The van der Waals surface area contributed by atoms with Crippen molar-refractivity contribution in [2.75, 3.05) is 5.32 Å². The summed E-state index contributed by atoms with van der Waals surface area (Å²) >= 11 is 0. The Morgan fingerprint density at radius 3 is 2.74 bits per heavy atom. The Hall–Kier alpha value is -3.56. The number of benzene rings is 1. The maximum atomic E-state index is 13.7. The van der Waals surface area contributed by atoms with Gasteiger partial charge in [-0.25, -0.2) is 4.39 Å². The maximum absolute atomic E-state index is 13.7. The van der Waals surface area contributed by atoms with Crippen molar-refractivity contribution in [3.05, 3.63) is 69.9 Å². The molecule has 0 saturated carbocycles. The van der Waals surface area contributed by atoms with Crippen LogP contribution < -0.4 is 5.32 Å². The van der Waals surface area contributed by atoms with E-state index in [4.69, 9.17) is 0 Å². The molecule has 0 saturated heterocycles. The van der Waals surface area contributed by atoms with Crippen molar-refractivity contribution in [1.29, 1.82) is 0 Å². The fourth-order valence-corrected chi connectivity index (χ4v) is 2.52. The summed E-state index contributed by atoms with van der Waals surface area (Å²) in [4.78, 5) is 22.7. The van der Waals surface area contributed by atoms with E-state index in [2.05, 4.69) is 15.5 Å². The molecule has 1 unspecified atom stereocenters. The SMILES string of the molecule is Cc1nn(C(C)C(=O)Nc2ccn(Cc3ccccc3F)n2)cc1[N+](=O)[O-]. The number of nitro groups is 1. The van der Waals surface area contributed by atoms with E-state index < -0.39 is 16.9 Å². The summed E-state index contributed by atoms with van der Waals surface area (Å²) < 4.78 is 16.4. The van der Waals surface area contributed by atoms with Crippen LogP contribution in [0.5, 0.6) is 0 Å². The molecule has 0 bridgehead atoms. The molecule has 10 heteroatoms. The molecule has 0 radical (unpaired) electrons. The average molecular weight is 372 g/mol.